The predicted molar refractivity (Wildman–Crippen MR) is 72.3 cm³/mol. The minimum atomic E-state index is 0.0214. The average molecular weight is 318 g/mol. The Bertz CT molecular complexity index is 386. The third-order valence-corrected chi connectivity index (χ3v) is 4.86. The fourth-order valence-electron chi connectivity index (χ4n) is 2.18. The lowest BCUT2D eigenvalue weighted by molar-refractivity contribution is 0.0918. The van der Waals surface area contributed by atoms with Gasteiger partial charge in [-0.15, -0.1) is 11.3 Å². The third kappa shape index (κ3) is 3.53. The molecule has 0 aliphatic heterocycles. The number of carbonyl (C=O) groups is 1. The Morgan fingerprint density at radius 2 is 2.12 bits per heavy atom. The van der Waals surface area contributed by atoms with E-state index in [-0.39, 0.29) is 18.6 Å². The van der Waals surface area contributed by atoms with Crippen molar-refractivity contribution in [1.29, 1.82) is 0 Å². The summed E-state index contributed by atoms with van der Waals surface area (Å²) in [6.07, 6.45) is 3.97. The number of thiophene rings is 1. The Kier molecular flexibility index (Phi) is 4.59. The Hall–Kier alpha value is -0.390. The fourth-order valence-corrected chi connectivity index (χ4v) is 3.47. The Morgan fingerprint density at radius 3 is 2.65 bits per heavy atom. The van der Waals surface area contributed by atoms with E-state index in [0.29, 0.717) is 5.92 Å². The molecule has 0 bridgehead atoms. The van der Waals surface area contributed by atoms with Crippen LogP contribution in [-0.2, 0) is 0 Å². The highest BCUT2D eigenvalue weighted by Crippen LogP contribution is 2.25. The molecule has 2 rings (SSSR count). The molecule has 3 nitrogen and oxygen atoms in total. The summed E-state index contributed by atoms with van der Waals surface area (Å²) in [4.78, 5) is 12.7. The van der Waals surface area contributed by atoms with Crippen LogP contribution in [0.15, 0.2) is 15.9 Å². The van der Waals surface area contributed by atoms with E-state index in [2.05, 4.69) is 21.2 Å². The van der Waals surface area contributed by atoms with Gasteiger partial charge in [0.1, 0.15) is 0 Å². The van der Waals surface area contributed by atoms with Gasteiger partial charge in [-0.05, 0) is 59.7 Å². The molecule has 1 heterocycles. The molecule has 0 saturated heterocycles. The second-order valence-corrected chi connectivity index (χ2v) is 6.94. The van der Waals surface area contributed by atoms with Crippen molar-refractivity contribution in [2.45, 2.75) is 31.7 Å². The van der Waals surface area contributed by atoms with E-state index in [1.807, 2.05) is 12.1 Å². The van der Waals surface area contributed by atoms with E-state index in [1.54, 1.807) is 0 Å². The number of hydrogen-bond acceptors (Lipinski definition) is 3. The van der Waals surface area contributed by atoms with Crippen LogP contribution in [0.25, 0.3) is 0 Å². The van der Waals surface area contributed by atoms with Crippen molar-refractivity contribution in [3.8, 4) is 0 Å². The number of carbonyl (C=O) groups excluding carboxylic acids is 1. The van der Waals surface area contributed by atoms with Gasteiger partial charge in [-0.1, -0.05) is 0 Å². The molecule has 17 heavy (non-hydrogen) atoms. The van der Waals surface area contributed by atoms with Crippen LogP contribution >= 0.6 is 27.3 Å². The number of aliphatic hydroxyl groups excluding tert-OH is 1. The van der Waals surface area contributed by atoms with Crippen molar-refractivity contribution in [2.24, 2.45) is 5.92 Å². The number of halogens is 1. The molecule has 0 aromatic carbocycles. The van der Waals surface area contributed by atoms with Gasteiger partial charge in [0.05, 0.1) is 8.66 Å². The van der Waals surface area contributed by atoms with Crippen LogP contribution in [0.1, 0.15) is 35.4 Å². The summed E-state index contributed by atoms with van der Waals surface area (Å²) in [5.41, 5.74) is 0. The van der Waals surface area contributed by atoms with Crippen LogP contribution in [-0.4, -0.2) is 23.7 Å². The van der Waals surface area contributed by atoms with Crippen LogP contribution in [0, 0.1) is 5.92 Å². The number of nitrogens with one attached hydrogen (secondary N) is 1. The molecule has 1 amide bonds. The summed E-state index contributed by atoms with van der Waals surface area (Å²) in [6, 6.07) is 4.00. The molecule has 1 aliphatic rings. The molecular formula is C12H16BrNO2S. The topological polar surface area (TPSA) is 49.3 Å². The first-order chi connectivity index (χ1) is 8.19. The number of aliphatic hydroxyl groups is 1. The van der Waals surface area contributed by atoms with E-state index >= 15 is 0 Å². The van der Waals surface area contributed by atoms with Crippen LogP contribution < -0.4 is 5.32 Å². The van der Waals surface area contributed by atoms with Crippen molar-refractivity contribution in [1.82, 2.24) is 5.32 Å². The van der Waals surface area contributed by atoms with Crippen LogP contribution in [0.5, 0.6) is 0 Å². The molecule has 0 unspecified atom stereocenters. The van der Waals surface area contributed by atoms with Gasteiger partial charge in [-0.3, -0.25) is 4.79 Å². The molecule has 2 N–H and O–H groups in total. The lowest BCUT2D eigenvalue weighted by atomic mass is 9.86. The molecule has 0 spiro atoms. The smallest absolute Gasteiger partial charge is 0.261 e. The summed E-state index contributed by atoms with van der Waals surface area (Å²) >= 11 is 4.81. The molecule has 0 atom stereocenters. The van der Waals surface area contributed by atoms with Gasteiger partial charge in [-0.2, -0.15) is 0 Å². The number of hydrogen-bond donors (Lipinski definition) is 2. The maximum atomic E-state index is 11.9. The zero-order valence-electron chi connectivity index (χ0n) is 9.49. The highest BCUT2D eigenvalue weighted by molar-refractivity contribution is 9.11. The Morgan fingerprint density at radius 1 is 1.41 bits per heavy atom. The number of amides is 1. The minimum absolute atomic E-state index is 0.0214. The van der Waals surface area contributed by atoms with E-state index < -0.39 is 0 Å². The van der Waals surface area contributed by atoms with Crippen molar-refractivity contribution in [3.63, 3.8) is 0 Å². The molecule has 1 aromatic heterocycles. The van der Waals surface area contributed by atoms with Gasteiger partial charge in [0.25, 0.3) is 5.91 Å². The van der Waals surface area contributed by atoms with Gasteiger partial charge >= 0.3 is 0 Å². The third-order valence-electron chi connectivity index (χ3n) is 3.24. The standard InChI is InChI=1S/C12H16BrNO2S/c13-11-6-5-10(17-11)12(16)14-9-3-1-8(7-15)2-4-9/h5-6,8-9,15H,1-4,7H2,(H,14,16). The van der Waals surface area contributed by atoms with Crippen molar-refractivity contribution in [2.75, 3.05) is 6.61 Å². The molecule has 1 fully saturated rings. The van der Waals surface area contributed by atoms with E-state index in [0.717, 1.165) is 34.3 Å². The summed E-state index contributed by atoms with van der Waals surface area (Å²) in [7, 11) is 0. The molecule has 0 radical (unpaired) electrons. The summed E-state index contributed by atoms with van der Waals surface area (Å²) in [5.74, 6) is 0.451. The molecule has 1 saturated carbocycles. The maximum absolute atomic E-state index is 11.9. The largest absolute Gasteiger partial charge is 0.396 e. The van der Waals surface area contributed by atoms with Crippen molar-refractivity contribution >= 4 is 33.2 Å². The number of rotatable bonds is 3. The first-order valence-corrected chi connectivity index (χ1v) is 7.47. The van der Waals surface area contributed by atoms with Crippen LogP contribution in [0.4, 0.5) is 0 Å². The van der Waals surface area contributed by atoms with Crippen molar-refractivity contribution < 1.29 is 9.90 Å². The average Bonchev–Trinajstić information content (AvgIpc) is 2.77. The van der Waals surface area contributed by atoms with E-state index in [1.165, 1.54) is 11.3 Å². The summed E-state index contributed by atoms with van der Waals surface area (Å²) in [6.45, 7) is 0.276. The van der Waals surface area contributed by atoms with Crippen LogP contribution in [0.3, 0.4) is 0 Å². The lowest BCUT2D eigenvalue weighted by Crippen LogP contribution is -2.37. The zero-order chi connectivity index (χ0) is 12.3. The first kappa shape index (κ1) is 13.1. The van der Waals surface area contributed by atoms with Gasteiger partial charge in [0, 0.05) is 12.6 Å². The highest BCUT2D eigenvalue weighted by Gasteiger charge is 2.22. The van der Waals surface area contributed by atoms with Gasteiger partial charge < -0.3 is 10.4 Å². The van der Waals surface area contributed by atoms with Crippen LogP contribution in [0.2, 0.25) is 0 Å². The summed E-state index contributed by atoms with van der Waals surface area (Å²) < 4.78 is 0.978. The second kappa shape index (κ2) is 5.98. The first-order valence-electron chi connectivity index (χ1n) is 5.86. The fraction of sp³-hybridized carbons (Fsp3) is 0.583. The normalized spacial score (nSPS) is 24.6. The second-order valence-electron chi connectivity index (χ2n) is 4.48. The minimum Gasteiger partial charge on any atom is -0.396 e. The summed E-state index contributed by atoms with van der Waals surface area (Å²) in [5, 5.41) is 12.1. The SMILES string of the molecule is O=C(NC1CCC(CO)CC1)c1ccc(Br)s1. The molecule has 1 aliphatic carbocycles. The van der Waals surface area contributed by atoms with E-state index in [4.69, 9.17) is 5.11 Å². The Balaban J connectivity index is 1.84. The van der Waals surface area contributed by atoms with Gasteiger partial charge in [0.2, 0.25) is 0 Å². The van der Waals surface area contributed by atoms with Gasteiger partial charge in [-0.25, -0.2) is 0 Å². The highest BCUT2D eigenvalue weighted by atomic mass is 79.9. The molecule has 1 aromatic rings. The predicted octanol–water partition coefficient (Wildman–Crippen LogP) is 2.79. The van der Waals surface area contributed by atoms with E-state index in [9.17, 15) is 4.79 Å². The molecule has 94 valence electrons. The Labute approximate surface area is 113 Å². The maximum Gasteiger partial charge on any atom is 0.261 e. The monoisotopic (exact) mass is 317 g/mol. The molecular weight excluding hydrogens is 302 g/mol. The lowest BCUT2D eigenvalue weighted by Gasteiger charge is -2.27. The molecule has 5 heteroatoms. The van der Waals surface area contributed by atoms with Gasteiger partial charge in [0.15, 0.2) is 0 Å². The quantitative estimate of drug-likeness (QED) is 0.900. The van der Waals surface area contributed by atoms with Crippen molar-refractivity contribution in [3.05, 3.63) is 20.8 Å². The zero-order valence-corrected chi connectivity index (χ0v) is 11.9.